The van der Waals surface area contributed by atoms with Gasteiger partial charge in [-0.2, -0.15) is 4.57 Å². The van der Waals surface area contributed by atoms with E-state index in [0.717, 1.165) is 15.9 Å². The molecular formula is C23H21BrN3O3+. The van der Waals surface area contributed by atoms with Crippen LogP contribution in [-0.4, -0.2) is 18.4 Å². The van der Waals surface area contributed by atoms with Crippen LogP contribution >= 0.6 is 15.9 Å². The first-order valence-electron chi connectivity index (χ1n) is 9.66. The summed E-state index contributed by atoms with van der Waals surface area (Å²) < 4.78 is 8.18. The highest BCUT2D eigenvalue weighted by molar-refractivity contribution is 9.10. The fourth-order valence-corrected chi connectivity index (χ4v) is 3.80. The van der Waals surface area contributed by atoms with Gasteiger partial charge in [-0.15, -0.1) is 0 Å². The van der Waals surface area contributed by atoms with Crippen molar-refractivity contribution in [3.05, 3.63) is 83.1 Å². The van der Waals surface area contributed by atoms with Crippen LogP contribution in [0.3, 0.4) is 0 Å². The van der Waals surface area contributed by atoms with E-state index in [0.29, 0.717) is 18.0 Å². The highest BCUT2D eigenvalue weighted by Crippen LogP contribution is 2.31. The molecular weight excluding hydrogens is 446 g/mol. The van der Waals surface area contributed by atoms with Crippen molar-refractivity contribution in [2.45, 2.75) is 19.5 Å². The Morgan fingerprint density at radius 2 is 1.87 bits per heavy atom. The van der Waals surface area contributed by atoms with Gasteiger partial charge in [-0.3, -0.25) is 14.5 Å². The van der Waals surface area contributed by atoms with Crippen LogP contribution in [0.15, 0.2) is 77.4 Å². The van der Waals surface area contributed by atoms with E-state index in [2.05, 4.69) is 21.2 Å². The molecule has 7 heteroatoms. The number of nitrogens with zero attached hydrogens (tertiary/aromatic N) is 2. The summed E-state index contributed by atoms with van der Waals surface area (Å²) in [7, 11) is 0. The third kappa shape index (κ3) is 4.07. The van der Waals surface area contributed by atoms with Gasteiger partial charge in [-0.25, -0.2) is 0 Å². The number of nitrogens with one attached hydrogen (secondary N) is 1. The Bertz CT molecular complexity index is 1070. The number of ether oxygens (including phenoxy) is 1. The Balaban J connectivity index is 1.69. The van der Waals surface area contributed by atoms with Crippen molar-refractivity contribution in [1.29, 1.82) is 0 Å². The number of pyridine rings is 1. The zero-order valence-corrected chi connectivity index (χ0v) is 18.0. The van der Waals surface area contributed by atoms with E-state index < -0.39 is 6.04 Å². The highest BCUT2D eigenvalue weighted by Gasteiger charge is 2.43. The van der Waals surface area contributed by atoms with Crippen LogP contribution in [0.2, 0.25) is 0 Å². The zero-order valence-electron chi connectivity index (χ0n) is 16.4. The molecule has 0 radical (unpaired) electrons. The lowest BCUT2D eigenvalue weighted by atomic mass is 10.0. The summed E-state index contributed by atoms with van der Waals surface area (Å²) in [6, 6.07) is 19.4. The van der Waals surface area contributed by atoms with Crippen LogP contribution in [0.4, 0.5) is 11.4 Å². The second kappa shape index (κ2) is 8.67. The topological polar surface area (TPSA) is 62.5 Å². The maximum Gasteiger partial charge on any atom is 0.294 e. The Hall–Kier alpha value is -3.19. The Labute approximate surface area is 183 Å². The van der Waals surface area contributed by atoms with E-state index in [1.54, 1.807) is 29.2 Å². The number of rotatable bonds is 5. The number of hydrogen-bond donors (Lipinski definition) is 1. The number of anilines is 2. The molecule has 0 unspecified atom stereocenters. The molecule has 0 saturated heterocycles. The number of carbonyl (C=O) groups is 2. The predicted molar refractivity (Wildman–Crippen MR) is 117 cm³/mol. The van der Waals surface area contributed by atoms with E-state index >= 15 is 0 Å². The minimum absolute atomic E-state index is 0.145. The predicted octanol–water partition coefficient (Wildman–Crippen LogP) is 3.86. The van der Waals surface area contributed by atoms with Gasteiger partial charge in [0, 0.05) is 28.0 Å². The van der Waals surface area contributed by atoms with Gasteiger partial charge in [-0.05, 0) is 55.5 Å². The Morgan fingerprint density at radius 3 is 2.57 bits per heavy atom. The SMILES string of the molecule is CCOc1ccc(NC(=O)[C@@H]2c3cccc[n+]3CC(=O)N2c2ccc(Br)cc2)cc1. The molecule has 1 aromatic heterocycles. The number of carbonyl (C=O) groups excluding carboxylic acids is 2. The van der Waals surface area contributed by atoms with Crippen molar-refractivity contribution in [2.24, 2.45) is 0 Å². The summed E-state index contributed by atoms with van der Waals surface area (Å²) in [5.41, 5.74) is 2.06. The summed E-state index contributed by atoms with van der Waals surface area (Å²) in [5, 5.41) is 2.94. The van der Waals surface area contributed by atoms with Crippen molar-refractivity contribution in [3.63, 3.8) is 0 Å². The summed E-state index contributed by atoms with van der Waals surface area (Å²) in [6.07, 6.45) is 1.82. The summed E-state index contributed by atoms with van der Waals surface area (Å²) in [5.74, 6) is 0.309. The first-order valence-corrected chi connectivity index (χ1v) is 10.5. The molecule has 2 heterocycles. The fourth-order valence-electron chi connectivity index (χ4n) is 3.54. The van der Waals surface area contributed by atoms with Crippen LogP contribution in [0, 0.1) is 0 Å². The molecule has 0 fully saturated rings. The second-order valence-electron chi connectivity index (χ2n) is 6.84. The number of amides is 2. The van der Waals surface area contributed by atoms with E-state index in [-0.39, 0.29) is 18.4 Å². The van der Waals surface area contributed by atoms with Crippen LogP contribution in [-0.2, 0) is 16.1 Å². The van der Waals surface area contributed by atoms with Crippen molar-refractivity contribution in [3.8, 4) is 5.75 Å². The smallest absolute Gasteiger partial charge is 0.294 e. The minimum atomic E-state index is -0.791. The maximum absolute atomic E-state index is 13.4. The van der Waals surface area contributed by atoms with E-state index in [1.165, 1.54) is 0 Å². The lowest BCUT2D eigenvalue weighted by molar-refractivity contribution is -0.695. The van der Waals surface area contributed by atoms with Crippen LogP contribution in [0.1, 0.15) is 18.7 Å². The Morgan fingerprint density at radius 1 is 1.13 bits per heavy atom. The lowest BCUT2D eigenvalue weighted by Crippen LogP contribution is -2.58. The van der Waals surface area contributed by atoms with Gasteiger partial charge in [0.25, 0.3) is 11.8 Å². The molecule has 152 valence electrons. The molecule has 3 aromatic rings. The van der Waals surface area contributed by atoms with E-state index in [4.69, 9.17) is 4.74 Å². The molecule has 1 aliphatic heterocycles. The molecule has 0 saturated carbocycles. The third-order valence-corrected chi connectivity index (χ3v) is 5.40. The van der Waals surface area contributed by atoms with Crippen molar-refractivity contribution in [2.75, 3.05) is 16.8 Å². The quantitative estimate of drug-likeness (QED) is 0.580. The molecule has 2 amide bonds. The van der Waals surface area contributed by atoms with Gasteiger partial charge in [0.15, 0.2) is 6.20 Å². The molecule has 1 aliphatic rings. The van der Waals surface area contributed by atoms with Crippen molar-refractivity contribution < 1.29 is 18.9 Å². The zero-order chi connectivity index (χ0) is 21.1. The van der Waals surface area contributed by atoms with E-state index in [1.807, 2.05) is 60.2 Å². The third-order valence-electron chi connectivity index (χ3n) is 4.87. The number of benzene rings is 2. The summed E-state index contributed by atoms with van der Waals surface area (Å²) in [4.78, 5) is 28.0. The number of aromatic nitrogens is 1. The van der Waals surface area contributed by atoms with Crippen molar-refractivity contribution in [1.82, 2.24) is 0 Å². The van der Waals surface area contributed by atoms with Gasteiger partial charge in [0.1, 0.15) is 5.75 Å². The largest absolute Gasteiger partial charge is 0.494 e. The summed E-state index contributed by atoms with van der Waals surface area (Å²) in [6.45, 7) is 2.67. The number of hydrogen-bond acceptors (Lipinski definition) is 3. The van der Waals surface area contributed by atoms with Crippen molar-refractivity contribution >= 4 is 39.1 Å². The lowest BCUT2D eigenvalue weighted by Gasteiger charge is -2.32. The number of halogens is 1. The molecule has 4 rings (SSSR count). The average molecular weight is 467 g/mol. The standard InChI is InChI=1S/C23H20BrN3O3/c1-2-30-19-12-8-17(9-13-19)25-23(29)22-20-5-3-4-14-26(20)15-21(28)27(22)18-10-6-16(24)7-11-18/h3-14,22H,2,15H2,1H3/p+1/t22-/m0/s1. The molecule has 0 aliphatic carbocycles. The molecule has 30 heavy (non-hydrogen) atoms. The van der Waals surface area contributed by atoms with Gasteiger partial charge >= 0.3 is 0 Å². The second-order valence-corrected chi connectivity index (χ2v) is 7.76. The van der Waals surface area contributed by atoms with Gasteiger partial charge in [-0.1, -0.05) is 22.0 Å². The molecule has 1 atom stereocenters. The maximum atomic E-state index is 13.4. The van der Waals surface area contributed by atoms with Crippen LogP contribution in [0.5, 0.6) is 5.75 Å². The fraction of sp³-hybridized carbons (Fsp3) is 0.174. The normalized spacial score (nSPS) is 15.5. The first-order chi connectivity index (χ1) is 14.6. The van der Waals surface area contributed by atoms with Crippen LogP contribution < -0.4 is 19.5 Å². The number of fused-ring (bicyclic) bond motifs is 1. The molecule has 0 bridgehead atoms. The monoisotopic (exact) mass is 466 g/mol. The molecule has 2 aromatic carbocycles. The summed E-state index contributed by atoms with van der Waals surface area (Å²) >= 11 is 3.42. The van der Waals surface area contributed by atoms with Gasteiger partial charge in [0.05, 0.1) is 6.61 Å². The van der Waals surface area contributed by atoms with Crippen LogP contribution in [0.25, 0.3) is 0 Å². The highest BCUT2D eigenvalue weighted by atomic mass is 79.9. The minimum Gasteiger partial charge on any atom is -0.494 e. The molecule has 0 spiro atoms. The van der Waals surface area contributed by atoms with E-state index in [9.17, 15) is 9.59 Å². The Kier molecular flexibility index (Phi) is 5.81. The van der Waals surface area contributed by atoms with Gasteiger partial charge < -0.3 is 10.1 Å². The molecule has 1 N–H and O–H groups in total. The average Bonchev–Trinajstić information content (AvgIpc) is 2.75. The molecule has 6 nitrogen and oxygen atoms in total. The van der Waals surface area contributed by atoms with Gasteiger partial charge in [0.2, 0.25) is 18.3 Å². The first kappa shape index (κ1) is 20.1.